The second-order valence-corrected chi connectivity index (χ2v) is 7.01. The Morgan fingerprint density at radius 2 is 1.81 bits per heavy atom. The lowest BCUT2D eigenvalue weighted by Crippen LogP contribution is -2.28. The molecule has 5 nitrogen and oxygen atoms in total. The van der Waals surface area contributed by atoms with Gasteiger partial charge < -0.3 is 20.5 Å². The van der Waals surface area contributed by atoms with Crippen LogP contribution in [0.3, 0.4) is 0 Å². The van der Waals surface area contributed by atoms with E-state index in [2.05, 4.69) is 40.6 Å². The minimum absolute atomic E-state index is 0.447. The average molecular weight is 351 g/mol. The highest BCUT2D eigenvalue weighted by Gasteiger charge is 2.29. The summed E-state index contributed by atoms with van der Waals surface area (Å²) in [5, 5.41) is 3.15. The Kier molecular flexibility index (Phi) is 4.95. The van der Waals surface area contributed by atoms with Crippen LogP contribution in [-0.4, -0.2) is 25.7 Å². The molecule has 2 aliphatic rings. The van der Waals surface area contributed by atoms with Gasteiger partial charge in [-0.25, -0.2) is 0 Å². The van der Waals surface area contributed by atoms with Gasteiger partial charge in [-0.3, -0.25) is 4.99 Å². The minimum atomic E-state index is 0.447. The van der Waals surface area contributed by atoms with Crippen LogP contribution in [0.15, 0.2) is 53.5 Å². The van der Waals surface area contributed by atoms with Crippen molar-refractivity contribution in [3.05, 3.63) is 54.1 Å². The van der Waals surface area contributed by atoms with E-state index in [1.807, 2.05) is 18.2 Å². The van der Waals surface area contributed by atoms with Gasteiger partial charge in [-0.05, 0) is 42.4 Å². The molecule has 0 spiro atoms. The fourth-order valence-corrected chi connectivity index (χ4v) is 3.54. The molecule has 26 heavy (non-hydrogen) atoms. The molecule has 4 rings (SSSR count). The monoisotopic (exact) mass is 351 g/mol. The normalized spacial score (nSPS) is 22.2. The maximum atomic E-state index is 6.05. The zero-order chi connectivity index (χ0) is 17.8. The number of guanidine groups is 1. The molecule has 2 aromatic rings. The number of nitrogens with zero attached hydrogens (tertiary/aromatic N) is 1. The summed E-state index contributed by atoms with van der Waals surface area (Å²) in [5.74, 6) is 3.27. The van der Waals surface area contributed by atoms with Crippen LogP contribution in [-0.2, 0) is 0 Å². The fourth-order valence-electron chi connectivity index (χ4n) is 3.54. The average Bonchev–Trinajstić information content (AvgIpc) is 2.86. The Bertz CT molecular complexity index is 770. The molecule has 2 aromatic carbocycles. The van der Waals surface area contributed by atoms with Crippen LogP contribution in [0.25, 0.3) is 0 Å². The predicted molar refractivity (Wildman–Crippen MR) is 104 cm³/mol. The molecule has 1 heterocycles. The number of ether oxygens (including phenoxy) is 2. The third-order valence-corrected chi connectivity index (χ3v) is 5.05. The largest absolute Gasteiger partial charge is 0.490 e. The van der Waals surface area contributed by atoms with Gasteiger partial charge in [0.1, 0.15) is 0 Å². The maximum Gasteiger partial charge on any atom is 0.193 e. The topological polar surface area (TPSA) is 68.9 Å². The predicted octanol–water partition coefficient (Wildman–Crippen LogP) is 3.77. The highest BCUT2D eigenvalue weighted by molar-refractivity contribution is 5.92. The van der Waals surface area contributed by atoms with Crippen LogP contribution in [0.1, 0.15) is 30.7 Å². The highest BCUT2D eigenvalue weighted by Crippen LogP contribution is 2.41. The number of benzene rings is 2. The number of rotatable bonds is 4. The summed E-state index contributed by atoms with van der Waals surface area (Å²) < 4.78 is 11.3. The van der Waals surface area contributed by atoms with E-state index < -0.39 is 0 Å². The third-order valence-electron chi connectivity index (χ3n) is 5.05. The molecule has 5 heteroatoms. The van der Waals surface area contributed by atoms with Gasteiger partial charge in [-0.2, -0.15) is 0 Å². The molecule has 0 unspecified atom stereocenters. The standard InChI is InChI=1S/C21H25N3O2/c22-21(23-14-15-11-17(12-15)16-5-2-1-3-6-16)24-18-7-8-19-20(13-18)26-10-4-9-25-19/h1-3,5-8,13,15,17H,4,9-12,14H2,(H3,22,23,24). The molecule has 3 N–H and O–H groups in total. The molecule has 1 saturated carbocycles. The summed E-state index contributed by atoms with van der Waals surface area (Å²) in [7, 11) is 0. The lowest BCUT2D eigenvalue weighted by Gasteiger charge is -2.34. The van der Waals surface area contributed by atoms with Gasteiger partial charge in [0.25, 0.3) is 0 Å². The van der Waals surface area contributed by atoms with Gasteiger partial charge in [0.2, 0.25) is 0 Å². The van der Waals surface area contributed by atoms with Crippen molar-refractivity contribution in [2.24, 2.45) is 16.6 Å². The van der Waals surface area contributed by atoms with Crippen LogP contribution in [0.5, 0.6) is 11.5 Å². The SMILES string of the molecule is NC(=NCC1CC(c2ccccc2)C1)Nc1ccc2c(c1)OCCCO2. The maximum absolute atomic E-state index is 6.05. The van der Waals surface area contributed by atoms with E-state index in [0.29, 0.717) is 31.0 Å². The van der Waals surface area contributed by atoms with E-state index in [0.717, 1.165) is 30.2 Å². The molecule has 1 fully saturated rings. The van der Waals surface area contributed by atoms with Crippen molar-refractivity contribution in [3.8, 4) is 11.5 Å². The number of nitrogens with two attached hydrogens (primary N) is 1. The Morgan fingerprint density at radius 3 is 2.62 bits per heavy atom. The van der Waals surface area contributed by atoms with E-state index >= 15 is 0 Å². The molecule has 0 radical (unpaired) electrons. The van der Waals surface area contributed by atoms with Crippen molar-refractivity contribution in [2.75, 3.05) is 25.1 Å². The van der Waals surface area contributed by atoms with Gasteiger partial charge in [-0.15, -0.1) is 0 Å². The highest BCUT2D eigenvalue weighted by atomic mass is 16.5. The Hall–Kier alpha value is -2.69. The summed E-state index contributed by atoms with van der Waals surface area (Å²) in [6.07, 6.45) is 3.27. The molecule has 1 aliphatic heterocycles. The van der Waals surface area contributed by atoms with E-state index in [1.165, 1.54) is 18.4 Å². The second-order valence-electron chi connectivity index (χ2n) is 7.01. The first kappa shape index (κ1) is 16.8. The molecule has 136 valence electrons. The van der Waals surface area contributed by atoms with Crippen molar-refractivity contribution in [1.82, 2.24) is 0 Å². The van der Waals surface area contributed by atoms with Gasteiger partial charge in [-0.1, -0.05) is 30.3 Å². The van der Waals surface area contributed by atoms with Crippen molar-refractivity contribution in [3.63, 3.8) is 0 Å². The Balaban J connectivity index is 1.29. The molecule has 0 amide bonds. The molecular weight excluding hydrogens is 326 g/mol. The van der Waals surface area contributed by atoms with Crippen molar-refractivity contribution in [1.29, 1.82) is 0 Å². The zero-order valence-corrected chi connectivity index (χ0v) is 14.9. The van der Waals surface area contributed by atoms with Crippen molar-refractivity contribution < 1.29 is 9.47 Å². The van der Waals surface area contributed by atoms with E-state index in [-0.39, 0.29) is 0 Å². The Morgan fingerprint density at radius 1 is 1.04 bits per heavy atom. The lowest BCUT2D eigenvalue weighted by atomic mass is 9.71. The van der Waals surface area contributed by atoms with Crippen LogP contribution in [0, 0.1) is 5.92 Å². The number of hydrogen-bond acceptors (Lipinski definition) is 3. The molecular formula is C21H25N3O2. The van der Waals surface area contributed by atoms with Crippen LogP contribution < -0.4 is 20.5 Å². The van der Waals surface area contributed by atoms with Gasteiger partial charge in [0, 0.05) is 24.7 Å². The molecule has 0 saturated heterocycles. The first-order chi connectivity index (χ1) is 12.8. The quantitative estimate of drug-likeness (QED) is 0.650. The summed E-state index contributed by atoms with van der Waals surface area (Å²) in [6.45, 7) is 2.13. The first-order valence-corrected chi connectivity index (χ1v) is 9.29. The summed E-state index contributed by atoms with van der Waals surface area (Å²) in [4.78, 5) is 4.51. The van der Waals surface area contributed by atoms with Crippen LogP contribution >= 0.6 is 0 Å². The number of hydrogen-bond donors (Lipinski definition) is 2. The smallest absolute Gasteiger partial charge is 0.193 e. The zero-order valence-electron chi connectivity index (χ0n) is 14.9. The van der Waals surface area contributed by atoms with E-state index in [1.54, 1.807) is 0 Å². The summed E-state index contributed by atoms with van der Waals surface area (Å²) >= 11 is 0. The molecule has 0 bridgehead atoms. The van der Waals surface area contributed by atoms with Gasteiger partial charge >= 0.3 is 0 Å². The van der Waals surface area contributed by atoms with Crippen LogP contribution in [0.2, 0.25) is 0 Å². The second kappa shape index (κ2) is 7.68. The third kappa shape index (κ3) is 3.93. The fraction of sp³-hybridized carbons (Fsp3) is 0.381. The van der Waals surface area contributed by atoms with E-state index in [9.17, 15) is 0 Å². The first-order valence-electron chi connectivity index (χ1n) is 9.29. The number of nitrogens with one attached hydrogen (secondary N) is 1. The lowest BCUT2D eigenvalue weighted by molar-refractivity contribution is 0.273. The summed E-state index contributed by atoms with van der Waals surface area (Å²) in [6, 6.07) is 16.5. The number of anilines is 1. The van der Waals surface area contributed by atoms with Gasteiger partial charge in [0.05, 0.1) is 13.2 Å². The Labute approximate surface area is 154 Å². The van der Waals surface area contributed by atoms with Crippen molar-refractivity contribution in [2.45, 2.75) is 25.2 Å². The summed E-state index contributed by atoms with van der Waals surface area (Å²) in [5.41, 5.74) is 8.36. The number of aliphatic imine (C=N–C) groups is 1. The molecule has 1 aliphatic carbocycles. The number of fused-ring (bicyclic) bond motifs is 1. The van der Waals surface area contributed by atoms with Gasteiger partial charge in [0.15, 0.2) is 17.5 Å². The molecule has 0 aromatic heterocycles. The van der Waals surface area contributed by atoms with E-state index in [4.69, 9.17) is 15.2 Å². The molecule has 0 atom stereocenters. The van der Waals surface area contributed by atoms with Crippen LogP contribution in [0.4, 0.5) is 5.69 Å². The van der Waals surface area contributed by atoms with Crippen molar-refractivity contribution >= 4 is 11.6 Å². The minimum Gasteiger partial charge on any atom is -0.490 e.